The van der Waals surface area contributed by atoms with Gasteiger partial charge >= 0.3 is 0 Å². The molecule has 0 radical (unpaired) electrons. The molecule has 17 heavy (non-hydrogen) atoms. The minimum Gasteiger partial charge on any atom is -0.380 e. The van der Waals surface area contributed by atoms with Gasteiger partial charge in [0.25, 0.3) is 5.91 Å². The van der Waals surface area contributed by atoms with Gasteiger partial charge in [-0.2, -0.15) is 5.26 Å². The van der Waals surface area contributed by atoms with E-state index in [2.05, 4.69) is 5.32 Å². The maximum absolute atomic E-state index is 11.6. The van der Waals surface area contributed by atoms with Crippen LogP contribution in [0.5, 0.6) is 0 Å². The van der Waals surface area contributed by atoms with Crippen LogP contribution in [0, 0.1) is 11.3 Å². The summed E-state index contributed by atoms with van der Waals surface area (Å²) in [7, 11) is 0. The molecule has 0 heterocycles. The van der Waals surface area contributed by atoms with Crippen LogP contribution in [0.15, 0.2) is 24.3 Å². The second-order valence-electron chi connectivity index (χ2n) is 3.56. The lowest BCUT2D eigenvalue weighted by atomic mass is 10.1. The van der Waals surface area contributed by atoms with Gasteiger partial charge in [-0.25, -0.2) is 0 Å². The fourth-order valence-electron chi connectivity index (χ4n) is 1.28. The number of rotatable bonds is 6. The lowest BCUT2D eigenvalue weighted by Crippen LogP contribution is -2.27. The summed E-state index contributed by atoms with van der Waals surface area (Å²) < 4.78 is 5.25. The van der Waals surface area contributed by atoms with Gasteiger partial charge in [0.1, 0.15) is 0 Å². The van der Waals surface area contributed by atoms with E-state index < -0.39 is 0 Å². The Hall–Kier alpha value is -1.86. The summed E-state index contributed by atoms with van der Waals surface area (Å²) in [6.45, 7) is 3.77. The summed E-state index contributed by atoms with van der Waals surface area (Å²) in [6.07, 6.45) is 0.976. The number of hydrogen-bond acceptors (Lipinski definition) is 3. The van der Waals surface area contributed by atoms with Crippen LogP contribution in [0.25, 0.3) is 0 Å². The molecular weight excluding hydrogens is 216 g/mol. The van der Waals surface area contributed by atoms with E-state index in [0.29, 0.717) is 30.9 Å². The highest BCUT2D eigenvalue weighted by Gasteiger charge is 2.03. The number of nitriles is 1. The van der Waals surface area contributed by atoms with Gasteiger partial charge in [-0.15, -0.1) is 0 Å². The Morgan fingerprint density at radius 2 is 2.06 bits per heavy atom. The van der Waals surface area contributed by atoms with Crippen molar-refractivity contribution in [1.29, 1.82) is 5.26 Å². The molecule has 90 valence electrons. The monoisotopic (exact) mass is 232 g/mol. The van der Waals surface area contributed by atoms with Crippen LogP contribution in [-0.4, -0.2) is 25.7 Å². The fourth-order valence-corrected chi connectivity index (χ4v) is 1.28. The Morgan fingerprint density at radius 1 is 1.35 bits per heavy atom. The van der Waals surface area contributed by atoms with Crippen molar-refractivity contribution in [3.05, 3.63) is 35.4 Å². The molecule has 0 unspecified atom stereocenters. The van der Waals surface area contributed by atoms with Crippen molar-refractivity contribution in [2.75, 3.05) is 19.8 Å². The number of carbonyl (C=O) groups is 1. The molecule has 1 rings (SSSR count). The van der Waals surface area contributed by atoms with E-state index in [-0.39, 0.29) is 5.91 Å². The lowest BCUT2D eigenvalue weighted by Gasteiger charge is -2.05. The molecule has 1 aromatic rings. The third kappa shape index (κ3) is 4.66. The largest absolute Gasteiger partial charge is 0.380 e. The quantitative estimate of drug-likeness (QED) is 0.759. The van der Waals surface area contributed by atoms with E-state index >= 15 is 0 Å². The van der Waals surface area contributed by atoms with Gasteiger partial charge in [0.2, 0.25) is 0 Å². The predicted molar refractivity (Wildman–Crippen MR) is 64.6 cm³/mol. The zero-order valence-electron chi connectivity index (χ0n) is 9.90. The van der Waals surface area contributed by atoms with Crippen molar-refractivity contribution in [2.24, 2.45) is 0 Å². The van der Waals surface area contributed by atoms with E-state index in [9.17, 15) is 4.79 Å². The van der Waals surface area contributed by atoms with Crippen LogP contribution in [-0.2, 0) is 4.74 Å². The minimum absolute atomic E-state index is 0.144. The standard InChI is InChI=1S/C13H16N2O2/c1-2-8-17-9-7-15-13(16)12-5-3-11(10-14)4-6-12/h3-6H,2,7-9H2,1H3,(H,15,16). The topological polar surface area (TPSA) is 62.1 Å². The third-order valence-electron chi connectivity index (χ3n) is 2.16. The molecule has 0 aliphatic heterocycles. The molecule has 4 heteroatoms. The molecule has 0 saturated heterocycles. The van der Waals surface area contributed by atoms with Crippen molar-refractivity contribution in [2.45, 2.75) is 13.3 Å². The molecule has 0 aliphatic carbocycles. The highest BCUT2D eigenvalue weighted by Crippen LogP contribution is 2.02. The van der Waals surface area contributed by atoms with Crippen molar-refractivity contribution in [3.63, 3.8) is 0 Å². The van der Waals surface area contributed by atoms with Crippen molar-refractivity contribution >= 4 is 5.91 Å². The zero-order valence-corrected chi connectivity index (χ0v) is 9.90. The van der Waals surface area contributed by atoms with E-state index in [0.717, 1.165) is 6.42 Å². The summed E-state index contributed by atoms with van der Waals surface area (Å²) in [5.41, 5.74) is 1.10. The Bertz CT molecular complexity index is 393. The molecule has 0 aliphatic rings. The summed E-state index contributed by atoms with van der Waals surface area (Å²) in [6, 6.07) is 8.54. The predicted octanol–water partition coefficient (Wildman–Crippen LogP) is 1.71. The molecule has 0 atom stereocenters. The van der Waals surface area contributed by atoms with Crippen molar-refractivity contribution in [3.8, 4) is 6.07 Å². The smallest absolute Gasteiger partial charge is 0.251 e. The number of hydrogen-bond donors (Lipinski definition) is 1. The number of ether oxygens (including phenoxy) is 1. The Kier molecular flexibility index (Phi) is 5.76. The number of benzene rings is 1. The second kappa shape index (κ2) is 7.42. The summed E-state index contributed by atoms with van der Waals surface area (Å²) in [5.74, 6) is -0.144. The van der Waals surface area contributed by atoms with Gasteiger partial charge in [0, 0.05) is 18.7 Å². The number of carbonyl (C=O) groups excluding carboxylic acids is 1. The van der Waals surface area contributed by atoms with E-state index in [4.69, 9.17) is 10.00 Å². The highest BCUT2D eigenvalue weighted by atomic mass is 16.5. The molecule has 1 N–H and O–H groups in total. The molecule has 4 nitrogen and oxygen atoms in total. The molecule has 0 fully saturated rings. The van der Waals surface area contributed by atoms with Crippen molar-refractivity contribution < 1.29 is 9.53 Å². The van der Waals surface area contributed by atoms with E-state index in [1.165, 1.54) is 0 Å². The highest BCUT2D eigenvalue weighted by molar-refractivity contribution is 5.94. The molecular formula is C13H16N2O2. The number of nitrogens with zero attached hydrogens (tertiary/aromatic N) is 1. The van der Waals surface area contributed by atoms with Gasteiger partial charge in [-0.1, -0.05) is 6.92 Å². The minimum atomic E-state index is -0.144. The number of nitrogens with one attached hydrogen (secondary N) is 1. The second-order valence-corrected chi connectivity index (χ2v) is 3.56. The molecule has 0 bridgehead atoms. The fraction of sp³-hybridized carbons (Fsp3) is 0.385. The van der Waals surface area contributed by atoms with Gasteiger partial charge in [0.05, 0.1) is 18.2 Å². The first kappa shape index (κ1) is 13.2. The van der Waals surface area contributed by atoms with E-state index in [1.807, 2.05) is 13.0 Å². The van der Waals surface area contributed by atoms with Crippen LogP contribution in [0.2, 0.25) is 0 Å². The van der Waals surface area contributed by atoms with Crippen LogP contribution < -0.4 is 5.32 Å². The first-order chi connectivity index (χ1) is 8.27. The average molecular weight is 232 g/mol. The van der Waals surface area contributed by atoms with Crippen LogP contribution in [0.3, 0.4) is 0 Å². The van der Waals surface area contributed by atoms with Gasteiger partial charge in [-0.05, 0) is 30.7 Å². The lowest BCUT2D eigenvalue weighted by molar-refractivity contribution is 0.0915. The molecule has 1 amide bonds. The molecule has 0 aromatic heterocycles. The maximum Gasteiger partial charge on any atom is 0.251 e. The molecule has 1 aromatic carbocycles. The van der Waals surface area contributed by atoms with Crippen LogP contribution in [0.4, 0.5) is 0 Å². The van der Waals surface area contributed by atoms with Crippen LogP contribution in [0.1, 0.15) is 29.3 Å². The van der Waals surface area contributed by atoms with E-state index in [1.54, 1.807) is 24.3 Å². The Balaban J connectivity index is 2.34. The first-order valence-corrected chi connectivity index (χ1v) is 5.64. The number of amides is 1. The van der Waals surface area contributed by atoms with Gasteiger partial charge < -0.3 is 10.1 Å². The van der Waals surface area contributed by atoms with Crippen LogP contribution >= 0.6 is 0 Å². The average Bonchev–Trinajstić information content (AvgIpc) is 2.38. The Morgan fingerprint density at radius 3 is 2.65 bits per heavy atom. The SMILES string of the molecule is CCCOCCNC(=O)c1ccc(C#N)cc1. The molecule has 0 spiro atoms. The van der Waals surface area contributed by atoms with Gasteiger partial charge in [0.15, 0.2) is 0 Å². The normalized spacial score (nSPS) is 9.65. The zero-order chi connectivity index (χ0) is 12.5. The summed E-state index contributed by atoms with van der Waals surface area (Å²) in [4.78, 5) is 11.6. The van der Waals surface area contributed by atoms with Crippen molar-refractivity contribution in [1.82, 2.24) is 5.32 Å². The third-order valence-corrected chi connectivity index (χ3v) is 2.16. The summed E-state index contributed by atoms with van der Waals surface area (Å²) >= 11 is 0. The first-order valence-electron chi connectivity index (χ1n) is 5.64. The Labute approximate surface area is 101 Å². The summed E-state index contributed by atoms with van der Waals surface area (Å²) in [5, 5.41) is 11.4. The molecule has 0 saturated carbocycles. The van der Waals surface area contributed by atoms with Gasteiger partial charge in [-0.3, -0.25) is 4.79 Å². The maximum atomic E-state index is 11.6.